The fraction of sp³-hybridized carbons (Fsp3) is 0.435. The molecule has 1 aliphatic heterocycles. The van der Waals surface area contributed by atoms with Gasteiger partial charge in [0.1, 0.15) is 0 Å². The number of nitrogens with zero attached hydrogens (tertiary/aromatic N) is 3. The minimum absolute atomic E-state index is 0.0721. The molecule has 31 heavy (non-hydrogen) atoms. The molecule has 5 rings (SSSR count). The molecule has 0 spiro atoms. The van der Waals surface area contributed by atoms with Crippen molar-refractivity contribution in [3.05, 3.63) is 52.3 Å². The van der Waals surface area contributed by atoms with Gasteiger partial charge in [-0.1, -0.05) is 6.07 Å². The van der Waals surface area contributed by atoms with Gasteiger partial charge in [0.15, 0.2) is 15.5 Å². The number of hydrogen-bond acceptors (Lipinski definition) is 5. The van der Waals surface area contributed by atoms with Crippen LogP contribution in [0.3, 0.4) is 0 Å². The predicted octanol–water partition coefficient (Wildman–Crippen LogP) is 3.85. The van der Waals surface area contributed by atoms with E-state index in [2.05, 4.69) is 16.5 Å². The van der Waals surface area contributed by atoms with Crippen molar-refractivity contribution in [3.63, 3.8) is 0 Å². The van der Waals surface area contributed by atoms with Gasteiger partial charge in [0, 0.05) is 17.3 Å². The van der Waals surface area contributed by atoms with Gasteiger partial charge in [-0.15, -0.1) is 0 Å². The Morgan fingerprint density at radius 3 is 2.39 bits per heavy atom. The molecule has 0 bridgehead atoms. The Balaban J connectivity index is 1.61. The third-order valence-corrected chi connectivity index (χ3v) is 7.88. The number of aromatic nitrogens is 3. The number of carbonyl (C=O) groups is 1. The molecule has 8 heteroatoms. The summed E-state index contributed by atoms with van der Waals surface area (Å²) < 4.78 is 25.8. The highest BCUT2D eigenvalue weighted by atomic mass is 32.2. The Morgan fingerprint density at radius 1 is 1.06 bits per heavy atom. The van der Waals surface area contributed by atoms with Gasteiger partial charge in [0.25, 0.3) is 5.91 Å². The first kappa shape index (κ1) is 20.2. The van der Waals surface area contributed by atoms with Crippen LogP contribution >= 0.6 is 0 Å². The van der Waals surface area contributed by atoms with Gasteiger partial charge >= 0.3 is 0 Å². The van der Waals surface area contributed by atoms with Crippen molar-refractivity contribution in [1.82, 2.24) is 14.8 Å². The average Bonchev–Trinajstić information content (AvgIpc) is 3.40. The molecule has 7 nitrogen and oxygen atoms in total. The number of sulfone groups is 1. The van der Waals surface area contributed by atoms with Crippen LogP contribution in [0, 0.1) is 20.8 Å². The number of carbonyl (C=O) groups excluding carboxylic acids is 1. The van der Waals surface area contributed by atoms with Crippen LogP contribution in [-0.2, 0) is 9.84 Å². The molecule has 1 N–H and O–H groups in total. The topological polar surface area (TPSA) is 93.9 Å². The molecule has 1 atom stereocenters. The second kappa shape index (κ2) is 7.15. The molecule has 1 saturated heterocycles. The Labute approximate surface area is 181 Å². The van der Waals surface area contributed by atoms with Crippen LogP contribution < -0.4 is 5.32 Å². The zero-order valence-electron chi connectivity index (χ0n) is 18.0. The SMILES string of the molecule is Cc1cc(C)cc(NC(=O)c2cc(C3CC3)nc3c2c(C)nn3[C@H]2CCS(=O)(=O)C2)c1. The maximum Gasteiger partial charge on any atom is 0.256 e. The number of rotatable bonds is 4. The largest absolute Gasteiger partial charge is 0.322 e. The molecule has 2 aliphatic rings. The first-order valence-electron chi connectivity index (χ1n) is 10.7. The highest BCUT2D eigenvalue weighted by Crippen LogP contribution is 2.41. The fourth-order valence-electron chi connectivity index (χ4n) is 4.57. The molecule has 1 saturated carbocycles. The summed E-state index contributed by atoms with van der Waals surface area (Å²) in [5.74, 6) is 0.400. The van der Waals surface area contributed by atoms with E-state index in [9.17, 15) is 13.2 Å². The quantitative estimate of drug-likeness (QED) is 0.668. The summed E-state index contributed by atoms with van der Waals surface area (Å²) in [5.41, 5.74) is 5.68. The predicted molar refractivity (Wildman–Crippen MR) is 120 cm³/mol. The van der Waals surface area contributed by atoms with Crippen LogP contribution in [0.2, 0.25) is 0 Å². The fourth-order valence-corrected chi connectivity index (χ4v) is 6.26. The molecule has 1 amide bonds. The first-order chi connectivity index (χ1) is 14.7. The lowest BCUT2D eigenvalue weighted by atomic mass is 10.1. The summed E-state index contributed by atoms with van der Waals surface area (Å²) in [5, 5.41) is 8.39. The van der Waals surface area contributed by atoms with Crippen LogP contribution in [0.4, 0.5) is 5.69 Å². The zero-order valence-corrected chi connectivity index (χ0v) is 18.8. The molecule has 1 aromatic carbocycles. The normalized spacial score (nSPS) is 20.3. The van der Waals surface area contributed by atoms with E-state index in [4.69, 9.17) is 4.98 Å². The zero-order chi connectivity index (χ0) is 21.9. The number of hydrogen-bond donors (Lipinski definition) is 1. The monoisotopic (exact) mass is 438 g/mol. The molecule has 162 valence electrons. The van der Waals surface area contributed by atoms with Crippen molar-refractivity contribution >= 4 is 32.5 Å². The number of benzene rings is 1. The van der Waals surface area contributed by atoms with Crippen LogP contribution in [0.1, 0.15) is 64.1 Å². The van der Waals surface area contributed by atoms with E-state index in [-0.39, 0.29) is 23.5 Å². The smallest absolute Gasteiger partial charge is 0.256 e. The standard InChI is InChI=1S/C23H26N4O3S/c1-13-8-14(2)10-17(9-13)24-23(28)19-11-20(16-4-5-16)25-22-21(19)15(3)26-27(22)18-6-7-31(29,30)12-18/h8-11,16,18H,4-7,12H2,1-3H3,(H,24,28)/t18-/m0/s1. The summed E-state index contributed by atoms with van der Waals surface area (Å²) in [6.07, 6.45) is 2.64. The van der Waals surface area contributed by atoms with Crippen molar-refractivity contribution in [1.29, 1.82) is 0 Å². The highest BCUT2D eigenvalue weighted by molar-refractivity contribution is 7.91. The minimum Gasteiger partial charge on any atom is -0.322 e. The molecule has 3 aromatic rings. The van der Waals surface area contributed by atoms with Crippen LogP contribution in [0.5, 0.6) is 0 Å². The van der Waals surface area contributed by atoms with Gasteiger partial charge in [-0.3, -0.25) is 4.79 Å². The number of fused-ring (bicyclic) bond motifs is 1. The third-order valence-electron chi connectivity index (χ3n) is 6.13. The number of amides is 1. The summed E-state index contributed by atoms with van der Waals surface area (Å²) in [4.78, 5) is 18.2. The lowest BCUT2D eigenvalue weighted by Gasteiger charge is -2.12. The van der Waals surface area contributed by atoms with Crippen molar-refractivity contribution in [3.8, 4) is 0 Å². The van der Waals surface area contributed by atoms with E-state index in [1.165, 1.54) is 0 Å². The van der Waals surface area contributed by atoms with Crippen LogP contribution in [0.15, 0.2) is 24.3 Å². The molecule has 2 aromatic heterocycles. The van der Waals surface area contributed by atoms with E-state index < -0.39 is 9.84 Å². The van der Waals surface area contributed by atoms with Crippen molar-refractivity contribution in [2.24, 2.45) is 0 Å². The number of aryl methyl sites for hydroxylation is 3. The molecule has 0 radical (unpaired) electrons. The first-order valence-corrected chi connectivity index (χ1v) is 12.5. The van der Waals surface area contributed by atoms with E-state index in [0.29, 0.717) is 34.6 Å². The van der Waals surface area contributed by atoms with Gasteiger partial charge < -0.3 is 5.32 Å². The summed E-state index contributed by atoms with van der Waals surface area (Å²) in [7, 11) is -3.06. The third kappa shape index (κ3) is 3.84. The number of anilines is 1. The molecule has 0 unspecified atom stereocenters. The minimum atomic E-state index is -3.06. The van der Waals surface area contributed by atoms with Gasteiger partial charge in [-0.2, -0.15) is 5.10 Å². The molecule has 3 heterocycles. The van der Waals surface area contributed by atoms with Gasteiger partial charge in [0.05, 0.1) is 34.2 Å². The van der Waals surface area contributed by atoms with E-state index in [1.54, 1.807) is 4.68 Å². The second-order valence-corrected chi connectivity index (χ2v) is 11.2. The average molecular weight is 439 g/mol. The van der Waals surface area contributed by atoms with E-state index in [1.807, 2.05) is 39.0 Å². The van der Waals surface area contributed by atoms with E-state index in [0.717, 1.165) is 35.3 Å². The molecular formula is C23H26N4O3S. The Kier molecular flexibility index (Phi) is 4.66. The Morgan fingerprint density at radius 2 is 1.77 bits per heavy atom. The van der Waals surface area contributed by atoms with Crippen molar-refractivity contribution in [2.45, 2.75) is 52.0 Å². The summed E-state index contributed by atoms with van der Waals surface area (Å²) in [6.45, 7) is 5.86. The van der Waals surface area contributed by atoms with Gasteiger partial charge in [0.2, 0.25) is 0 Å². The lowest BCUT2D eigenvalue weighted by Crippen LogP contribution is -2.15. The van der Waals surface area contributed by atoms with Crippen LogP contribution in [0.25, 0.3) is 11.0 Å². The maximum absolute atomic E-state index is 13.4. The Bertz CT molecular complexity index is 1300. The summed E-state index contributed by atoms with van der Waals surface area (Å²) >= 11 is 0. The van der Waals surface area contributed by atoms with E-state index >= 15 is 0 Å². The van der Waals surface area contributed by atoms with Gasteiger partial charge in [-0.05, 0) is 69.4 Å². The van der Waals surface area contributed by atoms with Crippen LogP contribution in [-0.4, -0.2) is 40.6 Å². The highest BCUT2D eigenvalue weighted by Gasteiger charge is 2.34. The molecule has 2 fully saturated rings. The molecule has 1 aliphatic carbocycles. The maximum atomic E-state index is 13.4. The number of nitrogens with one attached hydrogen (secondary N) is 1. The van der Waals surface area contributed by atoms with Crippen molar-refractivity contribution in [2.75, 3.05) is 16.8 Å². The Hall–Kier alpha value is -2.74. The number of pyridine rings is 1. The molecular weight excluding hydrogens is 412 g/mol. The summed E-state index contributed by atoms with van der Waals surface area (Å²) in [6, 6.07) is 7.62. The second-order valence-electron chi connectivity index (χ2n) is 8.98. The van der Waals surface area contributed by atoms with Gasteiger partial charge in [-0.25, -0.2) is 18.1 Å². The van der Waals surface area contributed by atoms with Crippen molar-refractivity contribution < 1.29 is 13.2 Å². The lowest BCUT2D eigenvalue weighted by molar-refractivity contribution is 0.102.